The fraction of sp³-hybridized carbons (Fsp3) is 0.562. The van der Waals surface area contributed by atoms with Crippen LogP contribution in [0.2, 0.25) is 0 Å². The summed E-state index contributed by atoms with van der Waals surface area (Å²) in [5.41, 5.74) is 0. The Bertz CT molecular complexity index is 594. The topological polar surface area (TPSA) is 90.5 Å². The molecule has 1 aromatic rings. The minimum absolute atomic E-state index is 0.00324. The summed E-state index contributed by atoms with van der Waals surface area (Å²) < 4.78 is 0. The van der Waals surface area contributed by atoms with Gasteiger partial charge in [-0.2, -0.15) is 0 Å². The Morgan fingerprint density at radius 3 is 2.54 bits per heavy atom. The van der Waals surface area contributed by atoms with Gasteiger partial charge in [-0.25, -0.2) is 4.79 Å². The molecule has 1 aliphatic heterocycles. The van der Waals surface area contributed by atoms with Crippen LogP contribution < -0.4 is 16.0 Å². The molecule has 0 radical (unpaired) electrons. The quantitative estimate of drug-likeness (QED) is 0.740. The van der Waals surface area contributed by atoms with Crippen molar-refractivity contribution >= 4 is 29.2 Å². The largest absolute Gasteiger partial charge is 0.349 e. The number of piperidine rings is 1. The van der Waals surface area contributed by atoms with Crippen molar-refractivity contribution in [1.82, 2.24) is 20.9 Å². The van der Waals surface area contributed by atoms with Gasteiger partial charge in [0.15, 0.2) is 0 Å². The van der Waals surface area contributed by atoms with E-state index in [0.717, 1.165) is 35.7 Å². The van der Waals surface area contributed by atoms with Gasteiger partial charge in [-0.3, -0.25) is 14.9 Å². The summed E-state index contributed by atoms with van der Waals surface area (Å²) in [6, 6.07) is 3.50. The maximum absolute atomic E-state index is 12.1. The first-order valence-corrected chi connectivity index (χ1v) is 8.91. The molecule has 4 amide bonds. The summed E-state index contributed by atoms with van der Waals surface area (Å²) in [6.07, 6.45) is 2.03. The molecule has 132 valence electrons. The van der Waals surface area contributed by atoms with Crippen molar-refractivity contribution in [1.29, 1.82) is 0 Å². The average Bonchev–Trinajstić information content (AvgIpc) is 3.00. The number of likely N-dealkylation sites (tertiary alicyclic amines) is 1. The molecule has 0 atom stereocenters. The number of thiophene rings is 1. The number of urea groups is 1. The van der Waals surface area contributed by atoms with E-state index < -0.39 is 6.03 Å². The lowest BCUT2D eigenvalue weighted by Crippen LogP contribution is -2.45. The van der Waals surface area contributed by atoms with E-state index in [1.54, 1.807) is 0 Å². The zero-order chi connectivity index (χ0) is 17.5. The average molecular weight is 352 g/mol. The number of nitrogens with one attached hydrogen (secondary N) is 3. The Kier molecular flexibility index (Phi) is 6.74. The van der Waals surface area contributed by atoms with Crippen LogP contribution in [0.5, 0.6) is 0 Å². The van der Waals surface area contributed by atoms with E-state index >= 15 is 0 Å². The molecule has 0 spiro atoms. The molecule has 8 heteroatoms. The van der Waals surface area contributed by atoms with Gasteiger partial charge in [0.1, 0.15) is 0 Å². The maximum Gasteiger partial charge on any atom is 0.321 e. The summed E-state index contributed by atoms with van der Waals surface area (Å²) in [7, 11) is 1.47. The third-order valence-electron chi connectivity index (χ3n) is 4.02. The van der Waals surface area contributed by atoms with E-state index in [4.69, 9.17) is 0 Å². The van der Waals surface area contributed by atoms with E-state index in [0.29, 0.717) is 13.0 Å². The standard InChI is InChI=1S/C16H24N4O3S/c1-11-3-4-13(24-11)15(22)18-12-5-8-20(9-6-12)10-7-14(21)19-16(23)17-2/h3-4,12H,5-10H2,1-2H3,(H,18,22)(H2,17,19,21,23). The Morgan fingerprint density at radius 2 is 1.96 bits per heavy atom. The normalized spacial score (nSPS) is 15.8. The Labute approximate surface area is 145 Å². The molecule has 1 fully saturated rings. The second-order valence-corrected chi connectivity index (χ2v) is 7.16. The van der Waals surface area contributed by atoms with Gasteiger partial charge in [0.2, 0.25) is 5.91 Å². The zero-order valence-electron chi connectivity index (χ0n) is 14.1. The zero-order valence-corrected chi connectivity index (χ0v) is 14.9. The summed E-state index contributed by atoms with van der Waals surface area (Å²) in [6.45, 7) is 4.27. The van der Waals surface area contributed by atoms with E-state index in [2.05, 4.69) is 20.9 Å². The summed E-state index contributed by atoms with van der Waals surface area (Å²) >= 11 is 1.50. The summed E-state index contributed by atoms with van der Waals surface area (Å²) in [4.78, 5) is 38.8. The van der Waals surface area contributed by atoms with E-state index in [1.165, 1.54) is 18.4 Å². The number of aryl methyl sites for hydroxylation is 1. The number of carbonyl (C=O) groups excluding carboxylic acids is 3. The second kappa shape index (κ2) is 8.79. The summed E-state index contributed by atoms with van der Waals surface area (Å²) in [5, 5.41) is 7.68. The van der Waals surface area contributed by atoms with Crippen molar-refractivity contribution in [2.24, 2.45) is 0 Å². The fourth-order valence-corrected chi connectivity index (χ4v) is 3.40. The molecule has 1 aromatic heterocycles. The molecule has 1 saturated heterocycles. The van der Waals surface area contributed by atoms with Gasteiger partial charge in [0.25, 0.3) is 5.91 Å². The smallest absolute Gasteiger partial charge is 0.321 e. The van der Waals surface area contributed by atoms with Crippen LogP contribution in [0.4, 0.5) is 4.79 Å². The highest BCUT2D eigenvalue weighted by molar-refractivity contribution is 7.13. The molecule has 0 aromatic carbocycles. The number of rotatable bonds is 5. The number of nitrogens with zero attached hydrogens (tertiary/aromatic N) is 1. The Balaban J connectivity index is 1.67. The Morgan fingerprint density at radius 1 is 1.25 bits per heavy atom. The van der Waals surface area contributed by atoms with E-state index in [-0.39, 0.29) is 17.9 Å². The number of hydrogen-bond acceptors (Lipinski definition) is 5. The molecule has 2 rings (SSSR count). The van der Waals surface area contributed by atoms with Crippen LogP contribution in [-0.4, -0.2) is 55.5 Å². The van der Waals surface area contributed by atoms with Gasteiger partial charge in [0.05, 0.1) is 4.88 Å². The molecule has 2 heterocycles. The third-order valence-corrected chi connectivity index (χ3v) is 5.02. The van der Waals surface area contributed by atoms with Crippen LogP contribution in [-0.2, 0) is 4.79 Å². The van der Waals surface area contributed by atoms with Crippen LogP contribution in [0.25, 0.3) is 0 Å². The molecule has 3 N–H and O–H groups in total. The van der Waals surface area contributed by atoms with Crippen molar-refractivity contribution in [3.05, 3.63) is 21.9 Å². The molecule has 0 saturated carbocycles. The van der Waals surface area contributed by atoms with Gasteiger partial charge in [-0.15, -0.1) is 11.3 Å². The van der Waals surface area contributed by atoms with Gasteiger partial charge in [-0.1, -0.05) is 0 Å². The maximum atomic E-state index is 12.1. The monoisotopic (exact) mass is 352 g/mol. The molecular formula is C16H24N4O3S. The van der Waals surface area contributed by atoms with Crippen LogP contribution in [0, 0.1) is 6.92 Å². The number of imide groups is 1. The van der Waals surface area contributed by atoms with Gasteiger partial charge >= 0.3 is 6.03 Å². The van der Waals surface area contributed by atoms with E-state index in [9.17, 15) is 14.4 Å². The van der Waals surface area contributed by atoms with Crippen molar-refractivity contribution in [3.63, 3.8) is 0 Å². The Hall–Kier alpha value is -1.93. The van der Waals surface area contributed by atoms with E-state index in [1.807, 2.05) is 19.1 Å². The molecule has 7 nitrogen and oxygen atoms in total. The summed E-state index contributed by atoms with van der Waals surface area (Å²) in [5.74, 6) is -0.283. The lowest BCUT2D eigenvalue weighted by Gasteiger charge is -2.32. The van der Waals surface area contributed by atoms with Crippen molar-refractivity contribution in [3.8, 4) is 0 Å². The highest BCUT2D eigenvalue weighted by atomic mass is 32.1. The van der Waals surface area contributed by atoms with Crippen LogP contribution in [0.1, 0.15) is 33.8 Å². The predicted molar refractivity (Wildman–Crippen MR) is 93.2 cm³/mol. The van der Waals surface area contributed by atoms with Crippen LogP contribution in [0.15, 0.2) is 12.1 Å². The van der Waals surface area contributed by atoms with Gasteiger partial charge in [-0.05, 0) is 31.9 Å². The lowest BCUT2D eigenvalue weighted by molar-refractivity contribution is -0.120. The number of hydrogen-bond donors (Lipinski definition) is 3. The van der Waals surface area contributed by atoms with Gasteiger partial charge in [0, 0.05) is 44.0 Å². The minimum atomic E-state index is -0.481. The molecule has 1 aliphatic rings. The molecule has 24 heavy (non-hydrogen) atoms. The highest BCUT2D eigenvalue weighted by Gasteiger charge is 2.22. The van der Waals surface area contributed by atoms with Gasteiger partial charge < -0.3 is 15.5 Å². The molecule has 0 aliphatic carbocycles. The SMILES string of the molecule is CNC(=O)NC(=O)CCN1CCC(NC(=O)c2ccc(C)s2)CC1. The predicted octanol–water partition coefficient (Wildman–Crippen LogP) is 1.10. The van der Waals surface area contributed by atoms with Crippen molar-refractivity contribution < 1.29 is 14.4 Å². The lowest BCUT2D eigenvalue weighted by atomic mass is 10.0. The molecule has 0 unspecified atom stereocenters. The fourth-order valence-electron chi connectivity index (χ4n) is 2.63. The molecular weight excluding hydrogens is 328 g/mol. The second-order valence-electron chi connectivity index (χ2n) is 5.88. The molecule has 0 bridgehead atoms. The first-order chi connectivity index (χ1) is 11.5. The first kappa shape index (κ1) is 18.4. The van der Waals surface area contributed by atoms with Crippen molar-refractivity contribution in [2.75, 3.05) is 26.7 Å². The number of carbonyl (C=O) groups is 3. The third kappa shape index (κ3) is 5.61. The highest BCUT2D eigenvalue weighted by Crippen LogP contribution is 2.16. The van der Waals surface area contributed by atoms with Crippen LogP contribution in [0.3, 0.4) is 0 Å². The minimum Gasteiger partial charge on any atom is -0.349 e. The first-order valence-electron chi connectivity index (χ1n) is 8.09. The van der Waals surface area contributed by atoms with Crippen molar-refractivity contribution in [2.45, 2.75) is 32.2 Å². The van der Waals surface area contributed by atoms with Crippen LogP contribution >= 0.6 is 11.3 Å². The number of amides is 4.